The van der Waals surface area contributed by atoms with Crippen molar-refractivity contribution >= 4 is 23.2 Å². The molecule has 1 amide bonds. The lowest BCUT2D eigenvalue weighted by Gasteiger charge is -2.05. The number of hydrogen-bond donors (Lipinski definition) is 1. The Morgan fingerprint density at radius 2 is 1.83 bits per heavy atom. The van der Waals surface area contributed by atoms with E-state index in [-0.39, 0.29) is 18.1 Å². The van der Waals surface area contributed by atoms with Gasteiger partial charge >= 0.3 is 5.69 Å². The number of carbonyl (C=O) groups excluding carboxylic acids is 1. The lowest BCUT2D eigenvalue weighted by atomic mass is 10.3. The first-order valence-corrected chi connectivity index (χ1v) is 7.40. The van der Waals surface area contributed by atoms with Gasteiger partial charge in [-0.3, -0.25) is 13.9 Å². The normalized spacial score (nSPS) is 10.5. The minimum atomic E-state index is -0.296. The summed E-state index contributed by atoms with van der Waals surface area (Å²) in [5.74, 6) is -0.262. The Morgan fingerprint density at radius 1 is 1.04 bits per heavy atom. The molecule has 1 heterocycles. The molecule has 5 nitrogen and oxygen atoms in total. The van der Waals surface area contributed by atoms with E-state index in [0.29, 0.717) is 16.4 Å². The highest BCUT2D eigenvalue weighted by Crippen LogP contribution is 2.13. The topological polar surface area (TPSA) is 56.0 Å². The number of para-hydroxylation sites is 1. The number of imidazole rings is 1. The second-order valence-electron chi connectivity index (χ2n) is 4.97. The van der Waals surface area contributed by atoms with Crippen molar-refractivity contribution in [3.8, 4) is 5.69 Å². The van der Waals surface area contributed by atoms with Gasteiger partial charge in [0, 0.05) is 23.1 Å². The summed E-state index contributed by atoms with van der Waals surface area (Å²) in [5, 5.41) is 3.29. The molecule has 0 aliphatic carbocycles. The molecule has 1 N–H and O–H groups in total. The number of amides is 1. The van der Waals surface area contributed by atoms with Crippen molar-refractivity contribution < 1.29 is 4.79 Å². The third kappa shape index (κ3) is 3.52. The highest BCUT2D eigenvalue weighted by Gasteiger charge is 2.09. The molecule has 23 heavy (non-hydrogen) atoms. The highest BCUT2D eigenvalue weighted by molar-refractivity contribution is 6.30. The molecule has 0 aliphatic rings. The fourth-order valence-corrected chi connectivity index (χ4v) is 2.42. The number of halogens is 1. The lowest BCUT2D eigenvalue weighted by Crippen LogP contribution is -2.28. The average Bonchev–Trinajstić information content (AvgIpc) is 2.89. The summed E-state index contributed by atoms with van der Waals surface area (Å²) >= 11 is 5.94. The number of nitrogens with one attached hydrogen (secondary N) is 1. The summed E-state index contributed by atoms with van der Waals surface area (Å²) in [6.45, 7) is -0.0543. The maximum Gasteiger partial charge on any atom is 0.333 e. The van der Waals surface area contributed by atoms with Crippen molar-refractivity contribution in [2.24, 2.45) is 0 Å². The Labute approximate surface area is 137 Å². The molecule has 0 saturated carbocycles. The molecule has 0 unspecified atom stereocenters. The molecule has 3 rings (SSSR count). The van der Waals surface area contributed by atoms with Crippen LogP contribution in [0.2, 0.25) is 5.02 Å². The number of carbonyl (C=O) groups is 1. The van der Waals surface area contributed by atoms with Crippen molar-refractivity contribution in [1.29, 1.82) is 0 Å². The third-order valence-electron chi connectivity index (χ3n) is 3.31. The summed E-state index contributed by atoms with van der Waals surface area (Å²) in [7, 11) is 0. The van der Waals surface area contributed by atoms with Gasteiger partial charge in [-0.2, -0.15) is 0 Å². The van der Waals surface area contributed by atoms with Crippen LogP contribution in [0, 0.1) is 0 Å². The van der Waals surface area contributed by atoms with Crippen LogP contribution in [0.25, 0.3) is 5.69 Å². The largest absolute Gasteiger partial charge is 0.333 e. The first kappa shape index (κ1) is 15.1. The van der Waals surface area contributed by atoms with Crippen LogP contribution in [-0.2, 0) is 11.3 Å². The molecule has 0 aliphatic heterocycles. The van der Waals surface area contributed by atoms with E-state index < -0.39 is 0 Å². The van der Waals surface area contributed by atoms with E-state index in [4.69, 9.17) is 11.6 Å². The number of hydrogen-bond acceptors (Lipinski definition) is 2. The summed E-state index contributed by atoms with van der Waals surface area (Å²) in [6, 6.07) is 16.1. The van der Waals surface area contributed by atoms with Gasteiger partial charge in [0.25, 0.3) is 0 Å². The van der Waals surface area contributed by atoms with Crippen molar-refractivity contribution in [3.63, 3.8) is 0 Å². The van der Waals surface area contributed by atoms with E-state index in [1.54, 1.807) is 48.8 Å². The van der Waals surface area contributed by atoms with Gasteiger partial charge in [0.05, 0.1) is 5.69 Å². The van der Waals surface area contributed by atoms with Crippen molar-refractivity contribution in [2.75, 3.05) is 5.32 Å². The van der Waals surface area contributed by atoms with E-state index in [0.717, 1.165) is 0 Å². The van der Waals surface area contributed by atoms with Crippen LogP contribution in [0.15, 0.2) is 71.8 Å². The zero-order valence-corrected chi connectivity index (χ0v) is 12.9. The third-order valence-corrected chi connectivity index (χ3v) is 3.54. The molecule has 0 fully saturated rings. The van der Waals surface area contributed by atoms with E-state index in [9.17, 15) is 9.59 Å². The molecule has 116 valence electrons. The van der Waals surface area contributed by atoms with E-state index >= 15 is 0 Å². The molecular formula is C17H14ClN3O2. The molecule has 1 aromatic heterocycles. The minimum Gasteiger partial charge on any atom is -0.325 e. The number of benzene rings is 2. The number of rotatable bonds is 4. The van der Waals surface area contributed by atoms with E-state index in [1.807, 2.05) is 18.2 Å². The highest BCUT2D eigenvalue weighted by atomic mass is 35.5. The molecule has 0 bridgehead atoms. The van der Waals surface area contributed by atoms with Crippen molar-refractivity contribution in [2.45, 2.75) is 6.54 Å². The smallest absolute Gasteiger partial charge is 0.325 e. The maximum atomic E-state index is 12.4. The molecule has 0 atom stereocenters. The molecular weight excluding hydrogens is 314 g/mol. The Morgan fingerprint density at radius 3 is 2.57 bits per heavy atom. The second-order valence-corrected chi connectivity index (χ2v) is 5.41. The van der Waals surface area contributed by atoms with Gasteiger partial charge in [-0.1, -0.05) is 35.9 Å². The van der Waals surface area contributed by atoms with Crippen LogP contribution < -0.4 is 11.0 Å². The van der Waals surface area contributed by atoms with Crippen molar-refractivity contribution in [3.05, 3.63) is 82.5 Å². The molecule has 0 saturated heterocycles. The summed E-state index contributed by atoms with van der Waals surface area (Å²) < 4.78 is 2.79. The van der Waals surface area contributed by atoms with Crippen LogP contribution >= 0.6 is 11.6 Å². The van der Waals surface area contributed by atoms with Crippen LogP contribution in [0.5, 0.6) is 0 Å². The van der Waals surface area contributed by atoms with Crippen LogP contribution in [0.4, 0.5) is 5.69 Å². The van der Waals surface area contributed by atoms with Gasteiger partial charge in [0.15, 0.2) is 0 Å². The first-order valence-electron chi connectivity index (χ1n) is 7.02. The first-order chi connectivity index (χ1) is 11.1. The van der Waals surface area contributed by atoms with Crippen molar-refractivity contribution in [1.82, 2.24) is 9.13 Å². The summed E-state index contributed by atoms with van der Waals surface area (Å²) in [6.07, 6.45) is 3.19. The quantitative estimate of drug-likeness (QED) is 0.801. The predicted molar refractivity (Wildman–Crippen MR) is 90.1 cm³/mol. The van der Waals surface area contributed by atoms with Gasteiger partial charge in [-0.05, 0) is 30.3 Å². The maximum absolute atomic E-state index is 12.4. The van der Waals surface area contributed by atoms with Crippen LogP contribution in [0.1, 0.15) is 0 Å². The minimum absolute atomic E-state index is 0.0543. The van der Waals surface area contributed by atoms with Gasteiger partial charge in [-0.25, -0.2) is 4.79 Å². The summed E-state index contributed by atoms with van der Waals surface area (Å²) in [5.41, 5.74) is 1.06. The van der Waals surface area contributed by atoms with Crippen LogP contribution in [-0.4, -0.2) is 15.0 Å². The number of aromatic nitrogens is 2. The fraction of sp³-hybridized carbons (Fsp3) is 0.0588. The molecule has 6 heteroatoms. The van der Waals surface area contributed by atoms with Gasteiger partial charge < -0.3 is 5.32 Å². The zero-order valence-electron chi connectivity index (χ0n) is 12.1. The Hall–Kier alpha value is -2.79. The summed E-state index contributed by atoms with van der Waals surface area (Å²) in [4.78, 5) is 24.4. The van der Waals surface area contributed by atoms with Gasteiger partial charge in [-0.15, -0.1) is 0 Å². The fourth-order valence-electron chi connectivity index (χ4n) is 2.23. The SMILES string of the molecule is O=C(Cn1ccn(-c2cccc(Cl)c2)c1=O)Nc1ccccc1. The number of nitrogens with zero attached hydrogens (tertiary/aromatic N) is 2. The molecule has 3 aromatic rings. The molecule has 2 aromatic carbocycles. The average molecular weight is 328 g/mol. The molecule has 0 radical (unpaired) electrons. The van der Waals surface area contributed by atoms with E-state index in [2.05, 4.69) is 5.32 Å². The van der Waals surface area contributed by atoms with Gasteiger partial charge in [0.2, 0.25) is 5.91 Å². The Kier molecular flexibility index (Phi) is 4.30. The molecule has 0 spiro atoms. The van der Waals surface area contributed by atoms with Gasteiger partial charge in [0.1, 0.15) is 6.54 Å². The monoisotopic (exact) mass is 327 g/mol. The Balaban J connectivity index is 1.77. The second kappa shape index (κ2) is 6.54. The number of anilines is 1. The standard InChI is InChI=1S/C17H14ClN3O2/c18-13-5-4-8-15(11-13)21-10-9-20(17(21)23)12-16(22)19-14-6-2-1-3-7-14/h1-11H,12H2,(H,19,22). The predicted octanol–water partition coefficient (Wildman–Crippen LogP) is 2.93. The Bertz CT molecular complexity index is 884. The van der Waals surface area contributed by atoms with E-state index in [1.165, 1.54) is 9.13 Å². The van der Waals surface area contributed by atoms with Crippen LogP contribution in [0.3, 0.4) is 0 Å². The lowest BCUT2D eigenvalue weighted by molar-refractivity contribution is -0.116. The zero-order chi connectivity index (χ0) is 16.2.